The number of rotatable bonds is 4. The molecule has 3 rings (SSSR count). The zero-order chi connectivity index (χ0) is 13.9. The number of nitrogens with two attached hydrogens (primary N) is 1. The highest BCUT2D eigenvalue weighted by atomic mass is 15.3. The quantitative estimate of drug-likeness (QED) is 0.930. The molecule has 1 aliphatic rings. The second-order valence-corrected chi connectivity index (χ2v) is 5.67. The van der Waals surface area contributed by atoms with Crippen LogP contribution in [0, 0.1) is 6.92 Å². The van der Waals surface area contributed by atoms with E-state index in [2.05, 4.69) is 26.5 Å². The Kier molecular flexibility index (Phi) is 3.87. The maximum atomic E-state index is 5.75. The lowest BCUT2D eigenvalue weighted by atomic mass is 9.96. The maximum Gasteiger partial charge on any atom is 0.106 e. The van der Waals surface area contributed by atoms with Crippen molar-refractivity contribution < 1.29 is 0 Å². The summed E-state index contributed by atoms with van der Waals surface area (Å²) in [5, 5.41) is 4.75. The average molecular weight is 273 g/mol. The molecule has 0 saturated heterocycles. The minimum Gasteiger partial charge on any atom is -0.325 e. The fourth-order valence-corrected chi connectivity index (χ4v) is 3.07. The first-order chi connectivity index (χ1) is 9.78. The summed E-state index contributed by atoms with van der Waals surface area (Å²) in [5.74, 6) is 0.998. The van der Waals surface area contributed by atoms with E-state index in [0.29, 0.717) is 12.6 Å². The summed E-state index contributed by atoms with van der Waals surface area (Å²) in [6.07, 6.45) is 10.5. The van der Waals surface area contributed by atoms with Gasteiger partial charge in [0.2, 0.25) is 0 Å². The van der Waals surface area contributed by atoms with Crippen LogP contribution in [0.15, 0.2) is 18.5 Å². The summed E-state index contributed by atoms with van der Waals surface area (Å²) >= 11 is 0. The molecular weight excluding hydrogens is 250 g/mol. The van der Waals surface area contributed by atoms with Crippen LogP contribution in [0.25, 0.3) is 0 Å². The molecule has 108 valence electrons. The molecule has 0 bridgehead atoms. The minimum atomic E-state index is 0.518. The Labute approximate surface area is 119 Å². The Bertz CT molecular complexity index is 563. The van der Waals surface area contributed by atoms with Gasteiger partial charge in [0.1, 0.15) is 5.82 Å². The highest BCUT2D eigenvalue weighted by Crippen LogP contribution is 2.27. The molecule has 2 aromatic rings. The molecule has 2 aromatic heterocycles. The third kappa shape index (κ3) is 2.63. The Morgan fingerprint density at radius 3 is 2.85 bits per heavy atom. The lowest BCUT2D eigenvalue weighted by Gasteiger charge is -2.21. The van der Waals surface area contributed by atoms with Crippen molar-refractivity contribution in [1.82, 2.24) is 19.3 Å². The third-order valence-electron chi connectivity index (χ3n) is 4.28. The number of hydrogen-bond donors (Lipinski definition) is 1. The van der Waals surface area contributed by atoms with Crippen molar-refractivity contribution in [2.45, 2.75) is 58.2 Å². The van der Waals surface area contributed by atoms with Crippen LogP contribution in [0.3, 0.4) is 0 Å². The van der Waals surface area contributed by atoms with E-state index >= 15 is 0 Å². The zero-order valence-electron chi connectivity index (χ0n) is 12.1. The molecule has 1 aliphatic carbocycles. The minimum absolute atomic E-state index is 0.518. The van der Waals surface area contributed by atoms with Gasteiger partial charge in [0.05, 0.1) is 24.0 Å². The van der Waals surface area contributed by atoms with Crippen molar-refractivity contribution in [3.8, 4) is 0 Å². The first kappa shape index (κ1) is 13.4. The van der Waals surface area contributed by atoms with Gasteiger partial charge in [0.25, 0.3) is 0 Å². The Morgan fingerprint density at radius 1 is 1.30 bits per heavy atom. The normalized spacial score (nSPS) is 16.7. The number of nitrogens with zero attached hydrogens (tertiary/aromatic N) is 4. The van der Waals surface area contributed by atoms with Crippen LogP contribution in [-0.2, 0) is 13.1 Å². The van der Waals surface area contributed by atoms with Crippen LogP contribution >= 0.6 is 0 Å². The van der Waals surface area contributed by atoms with Gasteiger partial charge in [0, 0.05) is 18.9 Å². The molecule has 5 nitrogen and oxygen atoms in total. The van der Waals surface area contributed by atoms with Crippen LogP contribution in [0.2, 0.25) is 0 Å². The number of hydrogen-bond acceptors (Lipinski definition) is 3. The predicted molar refractivity (Wildman–Crippen MR) is 78.3 cm³/mol. The molecule has 0 radical (unpaired) electrons. The van der Waals surface area contributed by atoms with Crippen LogP contribution in [-0.4, -0.2) is 19.3 Å². The fraction of sp³-hybridized carbons (Fsp3) is 0.600. The second kappa shape index (κ2) is 5.79. The molecule has 0 amide bonds. The highest BCUT2D eigenvalue weighted by molar-refractivity contribution is 5.09. The Morgan fingerprint density at radius 2 is 2.10 bits per heavy atom. The van der Waals surface area contributed by atoms with Crippen LogP contribution in [0.5, 0.6) is 0 Å². The molecule has 1 fully saturated rings. The monoisotopic (exact) mass is 273 g/mol. The number of aromatic nitrogens is 4. The molecule has 20 heavy (non-hydrogen) atoms. The summed E-state index contributed by atoms with van der Waals surface area (Å²) in [7, 11) is 0. The number of imidazole rings is 1. The van der Waals surface area contributed by atoms with E-state index in [9.17, 15) is 0 Å². The molecule has 0 aliphatic heterocycles. The highest BCUT2D eigenvalue weighted by Gasteiger charge is 2.16. The fourth-order valence-electron chi connectivity index (χ4n) is 3.07. The smallest absolute Gasteiger partial charge is 0.106 e. The summed E-state index contributed by atoms with van der Waals surface area (Å²) in [4.78, 5) is 4.33. The van der Waals surface area contributed by atoms with E-state index in [0.717, 1.165) is 23.8 Å². The Hall–Kier alpha value is -1.62. The van der Waals surface area contributed by atoms with E-state index in [1.165, 1.54) is 32.1 Å². The topological polar surface area (TPSA) is 61.7 Å². The SMILES string of the molecule is Cc1ncc(CN)n1Cc1ccn(C2CCCCC2)n1. The molecule has 0 aromatic carbocycles. The molecular formula is C15H23N5. The van der Waals surface area contributed by atoms with Gasteiger partial charge in [-0.3, -0.25) is 4.68 Å². The van der Waals surface area contributed by atoms with Crippen molar-refractivity contribution in [2.24, 2.45) is 5.73 Å². The standard InChI is InChI=1S/C15H23N5/c1-12-17-10-15(9-16)19(12)11-13-7-8-20(18-13)14-5-3-2-4-6-14/h7-8,10,14H,2-6,9,11,16H2,1H3. The van der Waals surface area contributed by atoms with Crippen molar-refractivity contribution >= 4 is 0 Å². The van der Waals surface area contributed by atoms with Gasteiger partial charge in [-0.1, -0.05) is 19.3 Å². The molecule has 0 atom stereocenters. The molecule has 1 saturated carbocycles. The summed E-state index contributed by atoms with van der Waals surface area (Å²) in [6.45, 7) is 3.29. The molecule has 0 unspecified atom stereocenters. The second-order valence-electron chi connectivity index (χ2n) is 5.67. The van der Waals surface area contributed by atoms with Gasteiger partial charge >= 0.3 is 0 Å². The average Bonchev–Trinajstić information content (AvgIpc) is 3.08. The lowest BCUT2D eigenvalue weighted by Crippen LogP contribution is -2.14. The first-order valence-electron chi connectivity index (χ1n) is 7.53. The molecule has 0 spiro atoms. The van der Waals surface area contributed by atoms with Gasteiger partial charge in [-0.05, 0) is 25.8 Å². The lowest BCUT2D eigenvalue weighted by molar-refractivity contribution is 0.328. The van der Waals surface area contributed by atoms with Gasteiger partial charge in [-0.15, -0.1) is 0 Å². The van der Waals surface area contributed by atoms with E-state index in [-0.39, 0.29) is 0 Å². The largest absolute Gasteiger partial charge is 0.325 e. The summed E-state index contributed by atoms with van der Waals surface area (Å²) < 4.78 is 4.30. The van der Waals surface area contributed by atoms with Crippen LogP contribution in [0.1, 0.15) is 55.4 Å². The van der Waals surface area contributed by atoms with E-state index in [1.807, 2.05) is 13.1 Å². The summed E-state index contributed by atoms with van der Waals surface area (Å²) in [6, 6.07) is 2.71. The molecule has 2 N–H and O–H groups in total. The van der Waals surface area contributed by atoms with Gasteiger partial charge in [0.15, 0.2) is 0 Å². The van der Waals surface area contributed by atoms with Crippen molar-refractivity contribution in [2.75, 3.05) is 0 Å². The van der Waals surface area contributed by atoms with E-state index in [1.54, 1.807) is 0 Å². The van der Waals surface area contributed by atoms with Crippen molar-refractivity contribution in [3.63, 3.8) is 0 Å². The van der Waals surface area contributed by atoms with Crippen LogP contribution in [0.4, 0.5) is 0 Å². The van der Waals surface area contributed by atoms with Crippen LogP contribution < -0.4 is 5.73 Å². The van der Waals surface area contributed by atoms with Crippen molar-refractivity contribution in [1.29, 1.82) is 0 Å². The summed E-state index contributed by atoms with van der Waals surface area (Å²) in [5.41, 5.74) is 7.91. The number of aryl methyl sites for hydroxylation is 1. The first-order valence-corrected chi connectivity index (χ1v) is 7.53. The van der Waals surface area contributed by atoms with Gasteiger partial charge in [-0.25, -0.2) is 4.98 Å². The molecule has 2 heterocycles. The predicted octanol–water partition coefficient (Wildman–Crippen LogP) is 2.40. The molecule has 5 heteroatoms. The van der Waals surface area contributed by atoms with E-state index in [4.69, 9.17) is 10.8 Å². The van der Waals surface area contributed by atoms with Crippen molar-refractivity contribution in [3.05, 3.63) is 35.7 Å². The van der Waals surface area contributed by atoms with E-state index < -0.39 is 0 Å². The van der Waals surface area contributed by atoms with Gasteiger partial charge in [-0.2, -0.15) is 5.10 Å². The van der Waals surface area contributed by atoms with Gasteiger partial charge < -0.3 is 10.3 Å². The zero-order valence-corrected chi connectivity index (χ0v) is 12.1. The Balaban J connectivity index is 1.75. The third-order valence-corrected chi connectivity index (χ3v) is 4.28. The maximum absolute atomic E-state index is 5.75.